The van der Waals surface area contributed by atoms with Crippen molar-refractivity contribution in [3.63, 3.8) is 0 Å². The van der Waals surface area contributed by atoms with Crippen LogP contribution in [-0.4, -0.2) is 52.4 Å². The van der Waals surface area contributed by atoms with Crippen LogP contribution in [0.3, 0.4) is 0 Å². The summed E-state index contributed by atoms with van der Waals surface area (Å²) in [7, 11) is 0. The lowest BCUT2D eigenvalue weighted by atomic mass is 10.0. The molecule has 2 atom stereocenters. The molecule has 0 aromatic carbocycles. The minimum Gasteiger partial charge on any atom is -0.477 e. The van der Waals surface area contributed by atoms with Gasteiger partial charge in [-0.15, -0.1) is 0 Å². The second-order valence-corrected chi connectivity index (χ2v) is 8.84. The average Bonchev–Trinajstić information content (AvgIpc) is 3.10. The highest BCUT2D eigenvalue weighted by Crippen LogP contribution is 2.25. The molecule has 170 valence electrons. The maximum atomic E-state index is 11.3. The van der Waals surface area contributed by atoms with Gasteiger partial charge in [-0.05, 0) is 6.42 Å². The molecule has 0 aliphatic carbocycles. The third-order valence-electron chi connectivity index (χ3n) is 6.41. The van der Waals surface area contributed by atoms with Gasteiger partial charge in [0.15, 0.2) is 12.8 Å². The molecule has 0 amide bonds. The molecular weight excluding hydrogens is 364 g/mol. The van der Waals surface area contributed by atoms with Crippen LogP contribution in [0.4, 0.5) is 0 Å². The first kappa shape index (κ1) is 26.1. The Labute approximate surface area is 179 Å². The van der Waals surface area contributed by atoms with Crippen LogP contribution >= 0.6 is 0 Å². The Bertz CT molecular complexity index is 467. The number of hydrogen-bond donors (Lipinski definition) is 2. The molecule has 0 bridgehead atoms. The van der Waals surface area contributed by atoms with Gasteiger partial charge >= 0.3 is 5.97 Å². The molecule has 29 heavy (non-hydrogen) atoms. The highest BCUT2D eigenvalue weighted by atomic mass is 16.4. The van der Waals surface area contributed by atoms with E-state index in [0.717, 1.165) is 18.7 Å². The number of hydrogen-bond acceptors (Lipinski definition) is 3. The lowest BCUT2D eigenvalue weighted by Gasteiger charge is -2.37. The summed E-state index contributed by atoms with van der Waals surface area (Å²) in [6, 6.07) is 0. The topological polar surface area (TPSA) is 69.9 Å². The summed E-state index contributed by atoms with van der Waals surface area (Å²) < 4.78 is 0.157. The van der Waals surface area contributed by atoms with Crippen molar-refractivity contribution in [2.45, 2.75) is 123 Å². The van der Waals surface area contributed by atoms with Crippen LogP contribution in [0.15, 0.2) is 4.99 Å². The third-order valence-corrected chi connectivity index (χ3v) is 6.41. The van der Waals surface area contributed by atoms with Crippen molar-refractivity contribution in [2.75, 3.05) is 19.6 Å². The van der Waals surface area contributed by atoms with Gasteiger partial charge in [-0.3, -0.25) is 0 Å². The van der Waals surface area contributed by atoms with Gasteiger partial charge in [0.05, 0.1) is 6.54 Å². The Morgan fingerprint density at radius 2 is 1.38 bits per heavy atom. The van der Waals surface area contributed by atoms with Crippen LogP contribution < -0.4 is 0 Å². The largest absolute Gasteiger partial charge is 0.477 e. The maximum Gasteiger partial charge on any atom is 0.359 e. The predicted molar refractivity (Wildman–Crippen MR) is 121 cm³/mol. The second kappa shape index (κ2) is 15.8. The van der Waals surface area contributed by atoms with E-state index in [2.05, 4.69) is 11.9 Å². The summed E-state index contributed by atoms with van der Waals surface area (Å²) in [5.41, 5.74) is 0. The fourth-order valence-electron chi connectivity index (χ4n) is 4.59. The Kier molecular flexibility index (Phi) is 14.3. The van der Waals surface area contributed by atoms with Gasteiger partial charge in [0.1, 0.15) is 6.54 Å². The average molecular weight is 412 g/mol. The zero-order chi connectivity index (χ0) is 21.4. The van der Waals surface area contributed by atoms with Crippen molar-refractivity contribution < 1.29 is 19.5 Å². The van der Waals surface area contributed by atoms with Gasteiger partial charge in [0.2, 0.25) is 5.84 Å². The highest BCUT2D eigenvalue weighted by molar-refractivity contribution is 5.80. The smallest absolute Gasteiger partial charge is 0.359 e. The number of unbranched alkanes of at least 4 members (excludes halogenated alkanes) is 13. The summed E-state index contributed by atoms with van der Waals surface area (Å²) in [5.74, 6) is 0.0498. The number of rotatable bonds is 19. The van der Waals surface area contributed by atoms with Crippen LogP contribution in [-0.2, 0) is 4.79 Å². The number of quaternary nitrogens is 1. The number of carbonyl (C=O) groups is 1. The molecule has 0 aromatic rings. The first-order valence-electron chi connectivity index (χ1n) is 12.4. The predicted octanol–water partition coefficient (Wildman–Crippen LogP) is 5.90. The van der Waals surface area contributed by atoms with Crippen molar-refractivity contribution in [1.29, 1.82) is 0 Å². The number of aliphatic carboxylic acids is 1. The van der Waals surface area contributed by atoms with Gasteiger partial charge < -0.3 is 10.2 Å². The molecule has 5 nitrogen and oxygen atoms in total. The van der Waals surface area contributed by atoms with Gasteiger partial charge in [0.25, 0.3) is 0 Å². The van der Waals surface area contributed by atoms with Crippen LogP contribution in [0.25, 0.3) is 0 Å². The normalized spacial score (nSPS) is 20.0. The lowest BCUT2D eigenvalue weighted by Crippen LogP contribution is -2.60. The van der Waals surface area contributed by atoms with E-state index < -0.39 is 12.2 Å². The minimum atomic E-state index is -0.854. The van der Waals surface area contributed by atoms with Gasteiger partial charge in [0, 0.05) is 12.8 Å². The van der Waals surface area contributed by atoms with E-state index in [1.54, 1.807) is 0 Å². The molecule has 0 saturated heterocycles. The van der Waals surface area contributed by atoms with Crippen LogP contribution in [0.2, 0.25) is 0 Å². The summed E-state index contributed by atoms with van der Waals surface area (Å²) >= 11 is 0. The lowest BCUT2D eigenvalue weighted by molar-refractivity contribution is -0.879. The molecule has 2 N–H and O–H groups in total. The molecule has 2 unspecified atom stereocenters. The van der Waals surface area contributed by atoms with Crippen LogP contribution in [0, 0.1) is 0 Å². The van der Waals surface area contributed by atoms with E-state index in [9.17, 15) is 15.0 Å². The number of amidine groups is 1. The molecule has 1 rings (SSSR count). The number of aliphatic imine (C=N–C) groups is 1. The minimum absolute atomic E-state index is 0.0492. The van der Waals surface area contributed by atoms with E-state index in [1.807, 2.05) is 6.92 Å². The first-order valence-corrected chi connectivity index (χ1v) is 12.4. The zero-order valence-corrected chi connectivity index (χ0v) is 19.2. The van der Waals surface area contributed by atoms with E-state index in [0.29, 0.717) is 19.5 Å². The number of nitrogens with zero attached hydrogens (tertiary/aromatic N) is 2. The number of carboxylic acid groups (broad SMARTS) is 1. The zero-order valence-electron chi connectivity index (χ0n) is 19.2. The SMILES string of the molecule is CCCCCCCCCCCCCCCCC1=NCC[N+]1(CC(=O)O)C(O)CC. The first-order chi connectivity index (χ1) is 14.1. The van der Waals surface area contributed by atoms with E-state index in [4.69, 9.17) is 0 Å². The Hall–Kier alpha value is -0.940. The standard InChI is InChI=1S/C24H46N2O3/c1-3-5-6-7-8-9-10-11-12-13-14-15-16-17-18-22-25-19-20-26(22,21-24(28)29)23(27)4-2/h23,27H,3-21H2,1-2H3/p+1. The Morgan fingerprint density at radius 1 is 0.897 bits per heavy atom. The summed E-state index contributed by atoms with van der Waals surface area (Å²) in [4.78, 5) is 15.9. The van der Waals surface area contributed by atoms with Crippen molar-refractivity contribution in [1.82, 2.24) is 0 Å². The van der Waals surface area contributed by atoms with Crippen molar-refractivity contribution in [3.05, 3.63) is 0 Å². The van der Waals surface area contributed by atoms with Gasteiger partial charge in [-0.1, -0.05) is 97.3 Å². The molecule has 1 aliphatic heterocycles. The van der Waals surface area contributed by atoms with E-state index in [1.165, 1.54) is 83.5 Å². The van der Waals surface area contributed by atoms with E-state index >= 15 is 0 Å². The van der Waals surface area contributed by atoms with Crippen molar-refractivity contribution in [2.24, 2.45) is 4.99 Å². The molecule has 5 heteroatoms. The molecular formula is C24H47N2O3+. The molecule has 0 saturated carbocycles. The summed E-state index contributed by atoms with van der Waals surface area (Å²) in [5, 5.41) is 19.8. The second-order valence-electron chi connectivity index (χ2n) is 8.84. The maximum absolute atomic E-state index is 11.3. The van der Waals surface area contributed by atoms with Crippen molar-refractivity contribution in [3.8, 4) is 0 Å². The van der Waals surface area contributed by atoms with Gasteiger partial charge in [-0.2, -0.15) is 0 Å². The van der Waals surface area contributed by atoms with Crippen molar-refractivity contribution >= 4 is 11.8 Å². The third kappa shape index (κ3) is 10.1. The number of aliphatic hydroxyl groups excluding tert-OH is 1. The van der Waals surface area contributed by atoms with Crippen LogP contribution in [0.1, 0.15) is 117 Å². The summed E-state index contributed by atoms with van der Waals surface area (Å²) in [6.07, 6.45) is 19.4. The fourth-order valence-corrected chi connectivity index (χ4v) is 4.59. The molecule has 0 radical (unpaired) electrons. The fraction of sp³-hybridized carbons (Fsp3) is 0.917. The molecule has 1 aliphatic rings. The Morgan fingerprint density at radius 3 is 1.83 bits per heavy atom. The monoisotopic (exact) mass is 411 g/mol. The molecule has 1 heterocycles. The summed E-state index contributed by atoms with van der Waals surface area (Å²) in [6.45, 7) is 5.39. The number of aliphatic hydroxyl groups is 1. The van der Waals surface area contributed by atoms with Crippen LogP contribution in [0.5, 0.6) is 0 Å². The van der Waals surface area contributed by atoms with E-state index in [-0.39, 0.29) is 11.0 Å². The number of carboxylic acids is 1. The molecule has 0 spiro atoms. The van der Waals surface area contributed by atoms with Gasteiger partial charge in [-0.25, -0.2) is 14.3 Å². The Balaban J connectivity index is 2.08. The quantitative estimate of drug-likeness (QED) is 0.205. The highest BCUT2D eigenvalue weighted by Gasteiger charge is 2.44. The molecule has 0 aromatic heterocycles. The molecule has 0 fully saturated rings.